The van der Waals surface area contributed by atoms with Crippen LogP contribution in [0.25, 0.3) is 22.2 Å². The molecular weight excluding hydrogens is 252 g/mol. The highest BCUT2D eigenvalue weighted by atomic mass is 16.5. The Balaban J connectivity index is 2.22. The van der Waals surface area contributed by atoms with Crippen molar-refractivity contribution in [3.05, 3.63) is 48.5 Å². The zero-order chi connectivity index (χ0) is 13.9. The molecule has 4 nitrogen and oxygen atoms in total. The van der Waals surface area contributed by atoms with E-state index in [2.05, 4.69) is 9.97 Å². The molecule has 0 bridgehead atoms. The molecule has 0 radical (unpaired) electrons. The van der Waals surface area contributed by atoms with E-state index in [-0.39, 0.29) is 0 Å². The summed E-state index contributed by atoms with van der Waals surface area (Å²) in [6.07, 6.45) is 0. The van der Waals surface area contributed by atoms with E-state index in [1.807, 2.05) is 48.5 Å². The molecule has 0 fully saturated rings. The Morgan fingerprint density at radius 1 is 0.850 bits per heavy atom. The molecule has 0 atom stereocenters. The first-order valence-electron chi connectivity index (χ1n) is 6.27. The van der Waals surface area contributed by atoms with Crippen LogP contribution in [-0.2, 0) is 0 Å². The van der Waals surface area contributed by atoms with Gasteiger partial charge in [0.15, 0.2) is 0 Å². The van der Waals surface area contributed by atoms with Gasteiger partial charge in [-0.25, -0.2) is 9.97 Å². The van der Waals surface area contributed by atoms with Crippen LogP contribution in [0.1, 0.15) is 0 Å². The summed E-state index contributed by atoms with van der Waals surface area (Å²) in [5, 5.41) is 1.05. The minimum Gasteiger partial charge on any atom is -0.481 e. The van der Waals surface area contributed by atoms with Crippen molar-refractivity contribution >= 4 is 10.9 Å². The molecule has 2 aromatic heterocycles. The highest BCUT2D eigenvalue weighted by Crippen LogP contribution is 2.31. The fourth-order valence-corrected chi connectivity index (χ4v) is 2.12. The van der Waals surface area contributed by atoms with Crippen LogP contribution in [0.15, 0.2) is 48.5 Å². The van der Waals surface area contributed by atoms with Gasteiger partial charge in [0.25, 0.3) is 0 Å². The Kier molecular flexibility index (Phi) is 3.21. The third-order valence-corrected chi connectivity index (χ3v) is 3.09. The van der Waals surface area contributed by atoms with E-state index >= 15 is 0 Å². The van der Waals surface area contributed by atoms with Crippen molar-refractivity contribution in [1.29, 1.82) is 0 Å². The summed E-state index contributed by atoms with van der Waals surface area (Å²) in [4.78, 5) is 8.96. The molecule has 100 valence electrons. The van der Waals surface area contributed by atoms with E-state index in [0.29, 0.717) is 11.8 Å². The number of para-hydroxylation sites is 1. The third kappa shape index (κ3) is 2.16. The number of fused-ring (bicyclic) bond motifs is 1. The van der Waals surface area contributed by atoms with Crippen LogP contribution < -0.4 is 9.47 Å². The number of aromatic nitrogens is 2. The molecule has 3 aromatic rings. The van der Waals surface area contributed by atoms with Crippen molar-refractivity contribution in [3.63, 3.8) is 0 Å². The zero-order valence-electron chi connectivity index (χ0n) is 11.3. The van der Waals surface area contributed by atoms with Crippen molar-refractivity contribution in [1.82, 2.24) is 9.97 Å². The number of ether oxygens (including phenoxy) is 2. The molecule has 0 aliphatic rings. The van der Waals surface area contributed by atoms with Crippen LogP contribution in [0.3, 0.4) is 0 Å². The fourth-order valence-electron chi connectivity index (χ4n) is 2.12. The van der Waals surface area contributed by atoms with Gasteiger partial charge in [0.1, 0.15) is 0 Å². The van der Waals surface area contributed by atoms with E-state index in [1.54, 1.807) is 14.2 Å². The van der Waals surface area contributed by atoms with Gasteiger partial charge in [-0.05, 0) is 18.2 Å². The second-order valence-electron chi connectivity index (χ2n) is 4.30. The Bertz CT molecular complexity index is 756. The number of nitrogens with zero attached hydrogens (tertiary/aromatic N) is 2. The lowest BCUT2D eigenvalue weighted by molar-refractivity contribution is 0.396. The lowest BCUT2D eigenvalue weighted by atomic mass is 10.1. The van der Waals surface area contributed by atoms with E-state index in [0.717, 1.165) is 22.2 Å². The molecule has 0 unspecified atom stereocenters. The first-order chi connectivity index (χ1) is 9.81. The number of methoxy groups -OCH3 is 2. The summed E-state index contributed by atoms with van der Waals surface area (Å²) in [7, 11) is 3.21. The molecule has 3 rings (SSSR count). The molecule has 0 saturated carbocycles. The maximum Gasteiger partial charge on any atom is 0.223 e. The molecule has 1 aromatic carbocycles. The lowest BCUT2D eigenvalue weighted by Gasteiger charge is -2.09. The minimum atomic E-state index is 0.560. The average molecular weight is 266 g/mol. The summed E-state index contributed by atoms with van der Waals surface area (Å²) in [5.74, 6) is 1.13. The summed E-state index contributed by atoms with van der Waals surface area (Å²) >= 11 is 0. The molecule has 0 N–H and O–H groups in total. The normalized spacial score (nSPS) is 10.5. The van der Waals surface area contributed by atoms with Gasteiger partial charge in [0.05, 0.1) is 31.0 Å². The number of pyridine rings is 2. The maximum absolute atomic E-state index is 5.39. The molecule has 0 aliphatic heterocycles. The van der Waals surface area contributed by atoms with Gasteiger partial charge in [0, 0.05) is 11.5 Å². The average Bonchev–Trinajstić information content (AvgIpc) is 2.53. The lowest BCUT2D eigenvalue weighted by Crippen LogP contribution is -1.95. The van der Waals surface area contributed by atoms with E-state index in [1.165, 1.54) is 0 Å². The second-order valence-corrected chi connectivity index (χ2v) is 4.30. The molecule has 0 saturated heterocycles. The fraction of sp³-hybridized carbons (Fsp3) is 0.125. The predicted molar refractivity (Wildman–Crippen MR) is 78.1 cm³/mol. The second kappa shape index (κ2) is 5.17. The van der Waals surface area contributed by atoms with Crippen molar-refractivity contribution in [2.75, 3.05) is 14.2 Å². The maximum atomic E-state index is 5.39. The summed E-state index contributed by atoms with van der Waals surface area (Å²) in [5.41, 5.74) is 2.53. The highest BCUT2D eigenvalue weighted by molar-refractivity contribution is 5.85. The third-order valence-electron chi connectivity index (χ3n) is 3.09. The standard InChI is InChI=1S/C16H14N2O2/c1-19-15-9-5-8-14(17-15)12-10-11-6-3-4-7-13(11)18-16(12)20-2/h3-10H,1-2H3. The zero-order valence-corrected chi connectivity index (χ0v) is 11.3. The first kappa shape index (κ1) is 12.4. The molecule has 2 heterocycles. The van der Waals surface area contributed by atoms with Gasteiger partial charge in [-0.1, -0.05) is 24.3 Å². The van der Waals surface area contributed by atoms with E-state index in [4.69, 9.17) is 9.47 Å². The SMILES string of the molecule is COc1cccc(-c2cc3ccccc3nc2OC)n1. The van der Waals surface area contributed by atoms with Crippen molar-refractivity contribution < 1.29 is 9.47 Å². The Labute approximate surface area is 117 Å². The number of hydrogen-bond donors (Lipinski definition) is 0. The number of benzene rings is 1. The first-order valence-corrected chi connectivity index (χ1v) is 6.27. The van der Waals surface area contributed by atoms with Gasteiger partial charge in [-0.3, -0.25) is 0 Å². The summed E-state index contributed by atoms with van der Waals surface area (Å²) in [6.45, 7) is 0. The minimum absolute atomic E-state index is 0.560. The monoisotopic (exact) mass is 266 g/mol. The quantitative estimate of drug-likeness (QED) is 0.729. The van der Waals surface area contributed by atoms with Crippen LogP contribution in [0, 0.1) is 0 Å². The van der Waals surface area contributed by atoms with Crippen molar-refractivity contribution in [2.45, 2.75) is 0 Å². The van der Waals surface area contributed by atoms with Gasteiger partial charge in [-0.15, -0.1) is 0 Å². The smallest absolute Gasteiger partial charge is 0.223 e. The predicted octanol–water partition coefficient (Wildman–Crippen LogP) is 3.31. The largest absolute Gasteiger partial charge is 0.481 e. The Hall–Kier alpha value is -2.62. The highest BCUT2D eigenvalue weighted by Gasteiger charge is 2.11. The van der Waals surface area contributed by atoms with Crippen LogP contribution in [0.4, 0.5) is 0 Å². The van der Waals surface area contributed by atoms with Gasteiger partial charge >= 0.3 is 0 Å². The Morgan fingerprint density at radius 2 is 1.70 bits per heavy atom. The number of rotatable bonds is 3. The summed E-state index contributed by atoms with van der Waals surface area (Å²) < 4.78 is 10.6. The van der Waals surface area contributed by atoms with Crippen LogP contribution >= 0.6 is 0 Å². The van der Waals surface area contributed by atoms with E-state index < -0.39 is 0 Å². The Morgan fingerprint density at radius 3 is 2.50 bits per heavy atom. The molecule has 0 amide bonds. The van der Waals surface area contributed by atoms with Crippen molar-refractivity contribution in [2.24, 2.45) is 0 Å². The van der Waals surface area contributed by atoms with Gasteiger partial charge in [0.2, 0.25) is 11.8 Å². The van der Waals surface area contributed by atoms with Crippen LogP contribution in [0.5, 0.6) is 11.8 Å². The molecule has 4 heteroatoms. The molecular formula is C16H14N2O2. The van der Waals surface area contributed by atoms with E-state index in [9.17, 15) is 0 Å². The molecule has 20 heavy (non-hydrogen) atoms. The molecule has 0 aliphatic carbocycles. The van der Waals surface area contributed by atoms with Gasteiger partial charge < -0.3 is 9.47 Å². The van der Waals surface area contributed by atoms with Crippen LogP contribution in [-0.4, -0.2) is 24.2 Å². The summed E-state index contributed by atoms with van der Waals surface area (Å²) in [6, 6.07) is 15.6. The number of hydrogen-bond acceptors (Lipinski definition) is 4. The van der Waals surface area contributed by atoms with Gasteiger partial charge in [-0.2, -0.15) is 0 Å². The van der Waals surface area contributed by atoms with Crippen LogP contribution in [0.2, 0.25) is 0 Å². The van der Waals surface area contributed by atoms with Crippen molar-refractivity contribution in [3.8, 4) is 23.0 Å². The molecule has 0 spiro atoms. The topological polar surface area (TPSA) is 44.2 Å².